The minimum atomic E-state index is -3.72. The number of anilines is 1. The Morgan fingerprint density at radius 1 is 0.966 bits per heavy atom. The number of amides is 1. The van der Waals surface area contributed by atoms with Crippen molar-refractivity contribution in [2.45, 2.75) is 38.6 Å². The number of benzene rings is 2. The number of furan rings is 1. The number of sulfonamides is 1. The van der Waals surface area contributed by atoms with Crippen molar-refractivity contribution in [3.63, 3.8) is 0 Å². The molecule has 1 aromatic heterocycles. The van der Waals surface area contributed by atoms with E-state index in [0.717, 1.165) is 11.3 Å². The lowest BCUT2D eigenvalue weighted by atomic mass is 10.1. The van der Waals surface area contributed by atoms with E-state index >= 15 is 0 Å². The molecule has 152 valence electrons. The minimum absolute atomic E-state index is 0.238. The van der Waals surface area contributed by atoms with Crippen molar-refractivity contribution in [2.24, 2.45) is 0 Å². The molecule has 0 aliphatic carbocycles. The third kappa shape index (κ3) is 4.86. The van der Waals surface area contributed by atoms with Gasteiger partial charge in [0.15, 0.2) is 0 Å². The topological polar surface area (TPSA) is 88.4 Å². The number of hydrogen-bond donors (Lipinski definition) is 2. The molecule has 1 atom stereocenters. The molecule has 1 amide bonds. The van der Waals surface area contributed by atoms with E-state index in [0.29, 0.717) is 22.6 Å². The third-order valence-electron chi connectivity index (χ3n) is 4.57. The van der Waals surface area contributed by atoms with Gasteiger partial charge in [0.25, 0.3) is 15.9 Å². The van der Waals surface area contributed by atoms with Crippen LogP contribution in [-0.2, 0) is 10.0 Å². The quantitative estimate of drug-likeness (QED) is 0.624. The molecule has 0 fully saturated rings. The number of carbonyl (C=O) groups is 1. The van der Waals surface area contributed by atoms with Gasteiger partial charge in [-0.15, -0.1) is 0 Å². The fraction of sp³-hybridized carbons (Fsp3) is 0.227. The lowest BCUT2D eigenvalue weighted by Gasteiger charge is -2.13. The highest BCUT2D eigenvalue weighted by Gasteiger charge is 2.18. The zero-order valence-corrected chi connectivity index (χ0v) is 17.6. The average molecular weight is 413 g/mol. The van der Waals surface area contributed by atoms with Gasteiger partial charge in [0.1, 0.15) is 11.5 Å². The van der Waals surface area contributed by atoms with Crippen molar-refractivity contribution in [1.82, 2.24) is 5.32 Å². The molecule has 0 bridgehead atoms. The van der Waals surface area contributed by atoms with Crippen LogP contribution in [0.3, 0.4) is 0 Å². The summed E-state index contributed by atoms with van der Waals surface area (Å²) in [6, 6.07) is 15.0. The third-order valence-corrected chi connectivity index (χ3v) is 6.09. The van der Waals surface area contributed by atoms with Gasteiger partial charge in [-0.05, 0) is 81.3 Å². The second-order valence-electron chi connectivity index (χ2n) is 7.10. The second kappa shape index (κ2) is 8.13. The molecular formula is C22H24N2O4S. The van der Waals surface area contributed by atoms with Crippen LogP contribution in [0.1, 0.15) is 46.0 Å². The van der Waals surface area contributed by atoms with E-state index in [-0.39, 0.29) is 16.8 Å². The fourth-order valence-electron chi connectivity index (χ4n) is 2.93. The van der Waals surface area contributed by atoms with Gasteiger partial charge in [-0.3, -0.25) is 9.52 Å². The van der Waals surface area contributed by atoms with Gasteiger partial charge < -0.3 is 9.73 Å². The second-order valence-corrected chi connectivity index (χ2v) is 8.75. The zero-order chi connectivity index (χ0) is 21.2. The standard InChI is InChI=1S/C22H24N2O4S/c1-14-5-6-15(2)21(13-14)29(26,27)24-19-10-8-18(9-11-19)22(25)23-17(4)20-12-7-16(3)28-20/h5-13,17,24H,1-4H3,(H,23,25). The first-order chi connectivity index (χ1) is 13.7. The van der Waals surface area contributed by atoms with Crippen LogP contribution < -0.4 is 10.0 Å². The number of nitrogens with one attached hydrogen (secondary N) is 2. The molecule has 6 nitrogen and oxygen atoms in total. The van der Waals surface area contributed by atoms with E-state index in [4.69, 9.17) is 4.42 Å². The van der Waals surface area contributed by atoms with Crippen LogP contribution >= 0.6 is 0 Å². The molecule has 0 radical (unpaired) electrons. The minimum Gasteiger partial charge on any atom is -0.464 e. The summed E-state index contributed by atoms with van der Waals surface area (Å²) in [4.78, 5) is 12.7. The maximum Gasteiger partial charge on any atom is 0.262 e. The van der Waals surface area contributed by atoms with Crippen LogP contribution in [-0.4, -0.2) is 14.3 Å². The number of carbonyl (C=O) groups excluding carboxylic acids is 1. The molecule has 0 aliphatic rings. The summed E-state index contributed by atoms with van der Waals surface area (Å²) in [5, 5.41) is 2.86. The van der Waals surface area contributed by atoms with Gasteiger partial charge in [-0.2, -0.15) is 0 Å². The highest BCUT2D eigenvalue weighted by molar-refractivity contribution is 7.92. The summed E-state index contributed by atoms with van der Waals surface area (Å²) in [5.74, 6) is 1.19. The maximum atomic E-state index is 12.7. The van der Waals surface area contributed by atoms with Crippen LogP contribution in [0, 0.1) is 20.8 Å². The normalized spacial score (nSPS) is 12.4. The molecule has 0 saturated carbocycles. The molecular weight excluding hydrogens is 388 g/mol. The van der Waals surface area contributed by atoms with Crippen molar-refractivity contribution in [2.75, 3.05) is 4.72 Å². The molecule has 1 heterocycles. The lowest BCUT2D eigenvalue weighted by molar-refractivity contribution is 0.0935. The van der Waals surface area contributed by atoms with Crippen LogP contribution in [0.15, 0.2) is 63.9 Å². The van der Waals surface area contributed by atoms with E-state index in [2.05, 4.69) is 10.0 Å². The van der Waals surface area contributed by atoms with Gasteiger partial charge in [0, 0.05) is 11.3 Å². The van der Waals surface area contributed by atoms with E-state index in [1.165, 1.54) is 0 Å². The molecule has 2 N–H and O–H groups in total. The molecule has 3 aromatic rings. The molecule has 0 aliphatic heterocycles. The first kappa shape index (κ1) is 20.7. The number of hydrogen-bond acceptors (Lipinski definition) is 4. The maximum absolute atomic E-state index is 12.7. The summed E-state index contributed by atoms with van der Waals surface area (Å²) in [6.45, 7) is 7.28. The molecule has 7 heteroatoms. The highest BCUT2D eigenvalue weighted by atomic mass is 32.2. The summed E-state index contributed by atoms with van der Waals surface area (Å²) >= 11 is 0. The predicted molar refractivity (Wildman–Crippen MR) is 112 cm³/mol. The van der Waals surface area contributed by atoms with Crippen LogP contribution in [0.25, 0.3) is 0 Å². The van der Waals surface area contributed by atoms with Crippen LogP contribution in [0.4, 0.5) is 5.69 Å². The molecule has 29 heavy (non-hydrogen) atoms. The largest absolute Gasteiger partial charge is 0.464 e. The van der Waals surface area contributed by atoms with Gasteiger partial charge in [-0.1, -0.05) is 12.1 Å². The molecule has 0 saturated heterocycles. The van der Waals surface area contributed by atoms with Crippen molar-refractivity contribution in [3.8, 4) is 0 Å². The predicted octanol–water partition coefficient (Wildman–Crippen LogP) is 4.50. The van der Waals surface area contributed by atoms with Crippen molar-refractivity contribution in [3.05, 3.63) is 82.8 Å². The van der Waals surface area contributed by atoms with Gasteiger partial charge >= 0.3 is 0 Å². The summed E-state index contributed by atoms with van der Waals surface area (Å²) in [5.41, 5.74) is 2.34. The van der Waals surface area contributed by atoms with Crippen molar-refractivity contribution >= 4 is 21.6 Å². The Hall–Kier alpha value is -3.06. The van der Waals surface area contributed by atoms with Crippen molar-refractivity contribution < 1.29 is 17.6 Å². The van der Waals surface area contributed by atoms with Crippen LogP contribution in [0.5, 0.6) is 0 Å². The fourth-order valence-corrected chi connectivity index (χ4v) is 4.32. The first-order valence-electron chi connectivity index (χ1n) is 9.23. The van der Waals surface area contributed by atoms with Gasteiger partial charge in [0.05, 0.1) is 10.9 Å². The summed E-state index contributed by atoms with van der Waals surface area (Å²) in [6.07, 6.45) is 0. The smallest absolute Gasteiger partial charge is 0.262 e. The van der Waals surface area contributed by atoms with Gasteiger partial charge in [-0.25, -0.2) is 8.42 Å². The number of rotatable bonds is 6. The van der Waals surface area contributed by atoms with E-state index in [9.17, 15) is 13.2 Å². The lowest BCUT2D eigenvalue weighted by Crippen LogP contribution is -2.26. The van der Waals surface area contributed by atoms with E-state index < -0.39 is 10.0 Å². The molecule has 1 unspecified atom stereocenters. The van der Waals surface area contributed by atoms with Crippen LogP contribution in [0.2, 0.25) is 0 Å². The molecule has 0 spiro atoms. The Labute approximate surface area is 171 Å². The summed E-state index contributed by atoms with van der Waals surface area (Å²) in [7, 11) is -3.72. The Balaban J connectivity index is 1.71. The Morgan fingerprint density at radius 3 is 2.28 bits per heavy atom. The Kier molecular flexibility index (Phi) is 5.79. The Morgan fingerprint density at radius 2 is 1.66 bits per heavy atom. The zero-order valence-electron chi connectivity index (χ0n) is 16.8. The number of aryl methyl sites for hydroxylation is 3. The molecule has 3 rings (SSSR count). The highest BCUT2D eigenvalue weighted by Crippen LogP contribution is 2.21. The van der Waals surface area contributed by atoms with Crippen molar-refractivity contribution in [1.29, 1.82) is 0 Å². The average Bonchev–Trinajstić information content (AvgIpc) is 3.10. The summed E-state index contributed by atoms with van der Waals surface area (Å²) < 4.78 is 33.5. The SMILES string of the molecule is Cc1ccc(C)c(S(=O)(=O)Nc2ccc(C(=O)NC(C)c3ccc(C)o3)cc2)c1. The molecule has 2 aromatic carbocycles. The van der Waals surface area contributed by atoms with Gasteiger partial charge in [0.2, 0.25) is 0 Å². The first-order valence-corrected chi connectivity index (χ1v) is 10.7. The van der Waals surface area contributed by atoms with E-state index in [1.807, 2.05) is 39.0 Å². The van der Waals surface area contributed by atoms with E-state index in [1.54, 1.807) is 43.3 Å². The monoisotopic (exact) mass is 412 g/mol. The Bertz CT molecular complexity index is 1130.